The first-order chi connectivity index (χ1) is 8.25. The van der Waals surface area contributed by atoms with E-state index in [4.69, 9.17) is 9.47 Å². The van der Waals surface area contributed by atoms with E-state index in [0.29, 0.717) is 18.6 Å². The van der Waals surface area contributed by atoms with Crippen molar-refractivity contribution in [2.75, 3.05) is 26.3 Å². The van der Waals surface area contributed by atoms with Gasteiger partial charge in [0.25, 0.3) is 0 Å². The van der Waals surface area contributed by atoms with Crippen LogP contribution >= 0.6 is 0 Å². The molecule has 17 heavy (non-hydrogen) atoms. The van der Waals surface area contributed by atoms with Gasteiger partial charge in [-0.25, -0.2) is 0 Å². The molecule has 0 aromatic heterocycles. The molecule has 1 aromatic carbocycles. The third-order valence-corrected chi connectivity index (χ3v) is 3.69. The quantitative estimate of drug-likeness (QED) is 0.847. The summed E-state index contributed by atoms with van der Waals surface area (Å²) in [6.45, 7) is 5.93. The second-order valence-corrected chi connectivity index (χ2v) is 5.39. The molecule has 0 radical (unpaired) electrons. The van der Waals surface area contributed by atoms with Gasteiger partial charge in [-0.1, -0.05) is 13.0 Å². The molecule has 1 unspecified atom stereocenters. The van der Waals surface area contributed by atoms with Crippen LogP contribution in [-0.2, 0) is 6.42 Å². The van der Waals surface area contributed by atoms with Gasteiger partial charge in [0, 0.05) is 6.54 Å². The van der Waals surface area contributed by atoms with Gasteiger partial charge in [-0.2, -0.15) is 0 Å². The molecule has 3 rings (SSSR count). The van der Waals surface area contributed by atoms with Crippen molar-refractivity contribution in [3.05, 3.63) is 23.8 Å². The maximum absolute atomic E-state index is 5.62. The van der Waals surface area contributed by atoms with Gasteiger partial charge in [0.15, 0.2) is 11.5 Å². The van der Waals surface area contributed by atoms with Crippen LogP contribution in [-0.4, -0.2) is 26.3 Å². The van der Waals surface area contributed by atoms with Gasteiger partial charge in [-0.05, 0) is 42.5 Å². The Morgan fingerprint density at radius 3 is 2.82 bits per heavy atom. The summed E-state index contributed by atoms with van der Waals surface area (Å²) in [6.07, 6.45) is 2.36. The van der Waals surface area contributed by atoms with Gasteiger partial charge in [0.05, 0.1) is 0 Å². The van der Waals surface area contributed by atoms with Crippen LogP contribution in [0, 0.1) is 5.41 Å². The van der Waals surface area contributed by atoms with E-state index >= 15 is 0 Å². The molecule has 1 aromatic rings. The molecule has 1 N–H and O–H groups in total. The number of ether oxygens (including phenoxy) is 2. The lowest BCUT2D eigenvalue weighted by Gasteiger charge is -2.24. The molecule has 0 aliphatic carbocycles. The molecule has 1 fully saturated rings. The highest BCUT2D eigenvalue weighted by Gasteiger charge is 2.29. The Bertz CT molecular complexity index is 411. The van der Waals surface area contributed by atoms with E-state index in [2.05, 4.69) is 24.4 Å². The normalized spacial score (nSPS) is 27.1. The Morgan fingerprint density at radius 1 is 1.24 bits per heavy atom. The van der Waals surface area contributed by atoms with Crippen molar-refractivity contribution in [2.45, 2.75) is 19.8 Å². The van der Waals surface area contributed by atoms with Gasteiger partial charge in [-0.15, -0.1) is 0 Å². The van der Waals surface area contributed by atoms with Crippen LogP contribution in [0.2, 0.25) is 0 Å². The fraction of sp³-hybridized carbons (Fsp3) is 0.571. The van der Waals surface area contributed by atoms with Crippen molar-refractivity contribution in [3.63, 3.8) is 0 Å². The van der Waals surface area contributed by atoms with E-state index in [1.165, 1.54) is 12.0 Å². The SMILES string of the molecule is CC1(Cc2ccc3c(c2)OCCO3)CCNC1. The molecular weight excluding hydrogens is 214 g/mol. The second kappa shape index (κ2) is 4.22. The van der Waals surface area contributed by atoms with Gasteiger partial charge in [-0.3, -0.25) is 0 Å². The summed E-state index contributed by atoms with van der Waals surface area (Å²) >= 11 is 0. The highest BCUT2D eigenvalue weighted by molar-refractivity contribution is 5.44. The smallest absolute Gasteiger partial charge is 0.161 e. The van der Waals surface area contributed by atoms with Gasteiger partial charge >= 0.3 is 0 Å². The van der Waals surface area contributed by atoms with Crippen molar-refractivity contribution in [1.29, 1.82) is 0 Å². The summed E-state index contributed by atoms with van der Waals surface area (Å²) in [6, 6.07) is 6.34. The zero-order valence-corrected chi connectivity index (χ0v) is 10.3. The summed E-state index contributed by atoms with van der Waals surface area (Å²) in [4.78, 5) is 0. The maximum atomic E-state index is 5.62. The monoisotopic (exact) mass is 233 g/mol. The van der Waals surface area contributed by atoms with E-state index in [1.54, 1.807) is 0 Å². The number of fused-ring (bicyclic) bond motifs is 1. The molecule has 3 heteroatoms. The summed E-state index contributed by atoms with van der Waals surface area (Å²) in [5, 5.41) is 3.44. The Kier molecular flexibility index (Phi) is 2.71. The van der Waals surface area contributed by atoms with E-state index in [0.717, 1.165) is 31.0 Å². The summed E-state index contributed by atoms with van der Waals surface area (Å²) in [5.74, 6) is 1.79. The van der Waals surface area contributed by atoms with Crippen molar-refractivity contribution in [2.24, 2.45) is 5.41 Å². The molecule has 0 saturated carbocycles. The van der Waals surface area contributed by atoms with Crippen LogP contribution < -0.4 is 14.8 Å². The highest BCUT2D eigenvalue weighted by Crippen LogP contribution is 2.34. The zero-order chi connectivity index (χ0) is 11.7. The maximum Gasteiger partial charge on any atom is 0.161 e. The minimum atomic E-state index is 0.393. The minimum Gasteiger partial charge on any atom is -0.486 e. The predicted molar refractivity (Wildman–Crippen MR) is 66.7 cm³/mol. The van der Waals surface area contributed by atoms with Crippen molar-refractivity contribution in [3.8, 4) is 11.5 Å². The van der Waals surface area contributed by atoms with Crippen LogP contribution in [0.3, 0.4) is 0 Å². The van der Waals surface area contributed by atoms with E-state index in [1.807, 2.05) is 6.07 Å². The molecule has 2 heterocycles. The summed E-state index contributed by atoms with van der Waals surface area (Å²) in [7, 11) is 0. The van der Waals surface area contributed by atoms with Crippen molar-refractivity contribution < 1.29 is 9.47 Å². The molecule has 0 amide bonds. The lowest BCUT2D eigenvalue weighted by Crippen LogP contribution is -2.23. The molecular formula is C14H19NO2. The van der Waals surface area contributed by atoms with E-state index < -0.39 is 0 Å². The number of hydrogen-bond acceptors (Lipinski definition) is 3. The first-order valence-electron chi connectivity index (χ1n) is 6.34. The van der Waals surface area contributed by atoms with Gasteiger partial charge < -0.3 is 14.8 Å². The minimum absolute atomic E-state index is 0.393. The predicted octanol–water partition coefficient (Wildman–Crippen LogP) is 2.00. The topological polar surface area (TPSA) is 30.5 Å². The number of rotatable bonds is 2. The Morgan fingerprint density at radius 2 is 2.06 bits per heavy atom. The second-order valence-electron chi connectivity index (χ2n) is 5.39. The largest absolute Gasteiger partial charge is 0.486 e. The summed E-state index contributed by atoms with van der Waals surface area (Å²) < 4.78 is 11.2. The Labute approximate surface area is 102 Å². The Hall–Kier alpha value is -1.22. The fourth-order valence-corrected chi connectivity index (χ4v) is 2.71. The first kappa shape index (κ1) is 10.9. The third-order valence-electron chi connectivity index (χ3n) is 3.69. The molecule has 92 valence electrons. The summed E-state index contributed by atoms with van der Waals surface area (Å²) in [5.41, 5.74) is 1.74. The molecule has 2 aliphatic heterocycles. The van der Waals surface area contributed by atoms with Gasteiger partial charge in [0.1, 0.15) is 13.2 Å². The third kappa shape index (κ3) is 2.25. The average Bonchev–Trinajstić information content (AvgIpc) is 2.76. The lowest BCUT2D eigenvalue weighted by atomic mass is 9.83. The van der Waals surface area contributed by atoms with E-state index in [9.17, 15) is 0 Å². The van der Waals surface area contributed by atoms with Crippen molar-refractivity contribution >= 4 is 0 Å². The molecule has 2 aliphatic rings. The molecule has 1 saturated heterocycles. The highest BCUT2D eigenvalue weighted by atomic mass is 16.6. The zero-order valence-electron chi connectivity index (χ0n) is 10.3. The first-order valence-corrected chi connectivity index (χ1v) is 6.34. The van der Waals surface area contributed by atoms with Crippen LogP contribution in [0.1, 0.15) is 18.9 Å². The van der Waals surface area contributed by atoms with Crippen LogP contribution in [0.25, 0.3) is 0 Å². The average molecular weight is 233 g/mol. The molecule has 3 nitrogen and oxygen atoms in total. The molecule has 0 bridgehead atoms. The van der Waals surface area contributed by atoms with Crippen LogP contribution in [0.15, 0.2) is 18.2 Å². The van der Waals surface area contributed by atoms with Gasteiger partial charge in [0.2, 0.25) is 0 Å². The number of benzene rings is 1. The van der Waals surface area contributed by atoms with Crippen LogP contribution in [0.4, 0.5) is 0 Å². The Balaban J connectivity index is 1.79. The van der Waals surface area contributed by atoms with Crippen LogP contribution in [0.5, 0.6) is 11.5 Å². The van der Waals surface area contributed by atoms with Crippen molar-refractivity contribution in [1.82, 2.24) is 5.32 Å². The number of nitrogens with one attached hydrogen (secondary N) is 1. The standard InChI is InChI=1S/C14H19NO2/c1-14(4-5-15-10-14)9-11-2-3-12-13(8-11)17-7-6-16-12/h2-3,8,15H,4-7,9-10H2,1H3. The van der Waals surface area contributed by atoms with E-state index in [-0.39, 0.29) is 0 Å². The fourth-order valence-electron chi connectivity index (χ4n) is 2.71. The number of hydrogen-bond donors (Lipinski definition) is 1. The molecule has 1 atom stereocenters. The molecule has 0 spiro atoms. The lowest BCUT2D eigenvalue weighted by molar-refractivity contribution is 0.171.